The molecule has 2 N–H and O–H groups in total. The molecule has 1 amide bonds. The van der Waals surface area contributed by atoms with E-state index in [1.807, 2.05) is 24.3 Å². The van der Waals surface area contributed by atoms with Crippen molar-refractivity contribution in [3.63, 3.8) is 0 Å². The maximum Gasteiger partial charge on any atom is 0.244 e. The Balaban J connectivity index is 2.74. The third-order valence-corrected chi connectivity index (χ3v) is 4.01. The summed E-state index contributed by atoms with van der Waals surface area (Å²) in [5.74, 6) is -0.233. The van der Waals surface area contributed by atoms with Gasteiger partial charge >= 0.3 is 0 Å². The van der Waals surface area contributed by atoms with Crippen LogP contribution in [0.1, 0.15) is 33.3 Å². The second kappa shape index (κ2) is 5.88. The van der Waals surface area contributed by atoms with Crippen LogP contribution in [0.25, 0.3) is 6.08 Å². The highest BCUT2D eigenvalue weighted by Gasteiger charge is 2.35. The van der Waals surface area contributed by atoms with Crippen molar-refractivity contribution >= 4 is 27.9 Å². The highest BCUT2D eigenvalue weighted by molar-refractivity contribution is 9.10. The Morgan fingerprint density at radius 1 is 1.26 bits per heavy atom. The Kier molecular flexibility index (Phi) is 4.93. The standard InChI is InChI=1S/C15H20BrNO2/c1-14(2,15(3,4)19)17-13(18)10-9-11-7-5-6-8-12(11)16/h5-10,19H,1-4H3,(H,17,18)/b10-9+. The molecule has 0 aromatic heterocycles. The molecule has 0 atom stereocenters. The minimum atomic E-state index is -0.996. The maximum atomic E-state index is 11.9. The number of benzene rings is 1. The van der Waals surface area contributed by atoms with Crippen molar-refractivity contribution in [2.45, 2.75) is 38.8 Å². The molecule has 0 radical (unpaired) electrons. The van der Waals surface area contributed by atoms with Gasteiger partial charge in [0.2, 0.25) is 5.91 Å². The summed E-state index contributed by atoms with van der Waals surface area (Å²) in [6, 6.07) is 7.65. The molecular weight excluding hydrogens is 306 g/mol. The zero-order valence-corrected chi connectivity index (χ0v) is 13.3. The van der Waals surface area contributed by atoms with Crippen LogP contribution in [0.2, 0.25) is 0 Å². The van der Waals surface area contributed by atoms with Crippen molar-refractivity contribution < 1.29 is 9.90 Å². The van der Waals surface area contributed by atoms with E-state index in [-0.39, 0.29) is 5.91 Å². The van der Waals surface area contributed by atoms with E-state index < -0.39 is 11.1 Å². The number of rotatable bonds is 4. The first-order valence-corrected chi connectivity index (χ1v) is 6.90. The van der Waals surface area contributed by atoms with E-state index >= 15 is 0 Å². The smallest absolute Gasteiger partial charge is 0.244 e. The molecule has 0 bridgehead atoms. The molecule has 1 rings (SSSR count). The van der Waals surface area contributed by atoms with Crippen molar-refractivity contribution in [2.24, 2.45) is 0 Å². The van der Waals surface area contributed by atoms with E-state index in [1.165, 1.54) is 6.08 Å². The van der Waals surface area contributed by atoms with Crippen LogP contribution in [-0.2, 0) is 4.79 Å². The van der Waals surface area contributed by atoms with E-state index in [1.54, 1.807) is 33.8 Å². The first kappa shape index (κ1) is 15.9. The predicted octanol–water partition coefficient (Wildman–Crippen LogP) is 3.13. The number of carbonyl (C=O) groups excluding carboxylic acids is 1. The largest absolute Gasteiger partial charge is 0.388 e. The van der Waals surface area contributed by atoms with Gasteiger partial charge < -0.3 is 10.4 Å². The highest BCUT2D eigenvalue weighted by atomic mass is 79.9. The first-order chi connectivity index (χ1) is 8.63. The fourth-order valence-corrected chi connectivity index (χ4v) is 1.70. The minimum absolute atomic E-state index is 0.233. The highest BCUT2D eigenvalue weighted by Crippen LogP contribution is 2.21. The monoisotopic (exact) mass is 325 g/mol. The van der Waals surface area contributed by atoms with Crippen LogP contribution in [0.3, 0.4) is 0 Å². The molecule has 0 saturated heterocycles. The van der Waals surface area contributed by atoms with Crippen LogP contribution in [0.15, 0.2) is 34.8 Å². The molecule has 0 heterocycles. The quantitative estimate of drug-likeness (QED) is 0.835. The number of carbonyl (C=O) groups is 1. The zero-order chi connectivity index (χ0) is 14.7. The molecule has 3 nitrogen and oxygen atoms in total. The Morgan fingerprint density at radius 3 is 2.37 bits per heavy atom. The van der Waals surface area contributed by atoms with Crippen LogP contribution >= 0.6 is 15.9 Å². The van der Waals surface area contributed by atoms with Crippen molar-refractivity contribution in [1.29, 1.82) is 0 Å². The molecule has 0 unspecified atom stereocenters. The number of aliphatic hydroxyl groups is 1. The van der Waals surface area contributed by atoms with E-state index in [0.29, 0.717) is 0 Å². The summed E-state index contributed by atoms with van der Waals surface area (Å²) in [4.78, 5) is 11.9. The summed E-state index contributed by atoms with van der Waals surface area (Å²) in [5, 5.41) is 12.8. The molecule has 0 aliphatic carbocycles. The molecular formula is C15H20BrNO2. The molecule has 4 heteroatoms. The van der Waals surface area contributed by atoms with Gasteiger partial charge in [-0.05, 0) is 45.4 Å². The molecule has 0 aliphatic rings. The van der Waals surface area contributed by atoms with Crippen molar-refractivity contribution in [1.82, 2.24) is 5.32 Å². The summed E-state index contributed by atoms with van der Waals surface area (Å²) >= 11 is 3.42. The van der Waals surface area contributed by atoms with Gasteiger partial charge in [-0.15, -0.1) is 0 Å². The van der Waals surface area contributed by atoms with Gasteiger partial charge in [0.15, 0.2) is 0 Å². The maximum absolute atomic E-state index is 11.9. The first-order valence-electron chi connectivity index (χ1n) is 6.10. The van der Waals surface area contributed by atoms with Crippen LogP contribution < -0.4 is 5.32 Å². The van der Waals surface area contributed by atoms with Gasteiger partial charge in [0.05, 0.1) is 11.1 Å². The fraction of sp³-hybridized carbons (Fsp3) is 0.400. The van der Waals surface area contributed by atoms with Gasteiger partial charge in [0, 0.05) is 10.5 Å². The summed E-state index contributed by atoms with van der Waals surface area (Å²) in [5.41, 5.74) is -0.773. The summed E-state index contributed by atoms with van der Waals surface area (Å²) in [6.45, 7) is 6.92. The van der Waals surface area contributed by atoms with Crippen LogP contribution in [0, 0.1) is 0 Å². The van der Waals surface area contributed by atoms with Crippen LogP contribution in [0.5, 0.6) is 0 Å². The normalized spacial score (nSPS) is 12.7. The molecule has 1 aromatic carbocycles. The summed E-state index contributed by atoms with van der Waals surface area (Å²) < 4.78 is 0.931. The SMILES string of the molecule is CC(C)(O)C(C)(C)NC(=O)/C=C/c1ccccc1Br. The van der Waals surface area contributed by atoms with Gasteiger partial charge in [-0.3, -0.25) is 4.79 Å². The Hall–Kier alpha value is -1.13. The average Bonchev–Trinajstić information content (AvgIpc) is 2.26. The topological polar surface area (TPSA) is 49.3 Å². The lowest BCUT2D eigenvalue weighted by atomic mass is 9.86. The lowest BCUT2D eigenvalue weighted by Crippen LogP contribution is -2.57. The number of hydrogen-bond donors (Lipinski definition) is 2. The predicted molar refractivity (Wildman–Crippen MR) is 81.7 cm³/mol. The zero-order valence-electron chi connectivity index (χ0n) is 11.7. The number of amides is 1. The fourth-order valence-electron chi connectivity index (χ4n) is 1.28. The molecule has 0 fully saturated rings. The van der Waals surface area contributed by atoms with Crippen molar-refractivity contribution in [3.05, 3.63) is 40.4 Å². The lowest BCUT2D eigenvalue weighted by molar-refractivity contribution is -0.121. The van der Waals surface area contributed by atoms with Crippen molar-refractivity contribution in [2.75, 3.05) is 0 Å². The van der Waals surface area contributed by atoms with E-state index in [2.05, 4.69) is 21.2 Å². The summed E-state index contributed by atoms with van der Waals surface area (Å²) in [6.07, 6.45) is 3.20. The third-order valence-electron chi connectivity index (χ3n) is 3.28. The van der Waals surface area contributed by atoms with E-state index in [0.717, 1.165) is 10.0 Å². The van der Waals surface area contributed by atoms with E-state index in [4.69, 9.17) is 0 Å². The van der Waals surface area contributed by atoms with Gasteiger partial charge in [0.1, 0.15) is 0 Å². The molecule has 104 valence electrons. The van der Waals surface area contributed by atoms with Crippen LogP contribution in [-0.4, -0.2) is 22.2 Å². The Morgan fingerprint density at radius 2 is 1.84 bits per heavy atom. The number of nitrogens with one attached hydrogen (secondary N) is 1. The minimum Gasteiger partial charge on any atom is -0.388 e. The Labute approximate surface area is 122 Å². The number of halogens is 1. The lowest BCUT2D eigenvalue weighted by Gasteiger charge is -2.37. The average molecular weight is 326 g/mol. The van der Waals surface area contributed by atoms with Gasteiger partial charge in [-0.2, -0.15) is 0 Å². The number of hydrogen-bond acceptors (Lipinski definition) is 2. The van der Waals surface area contributed by atoms with Gasteiger partial charge in [-0.25, -0.2) is 0 Å². The molecule has 0 spiro atoms. The van der Waals surface area contributed by atoms with Gasteiger partial charge in [-0.1, -0.05) is 34.1 Å². The second-order valence-electron chi connectivity index (χ2n) is 5.53. The third kappa shape index (κ3) is 4.48. The molecule has 0 aliphatic heterocycles. The Bertz CT molecular complexity index is 487. The van der Waals surface area contributed by atoms with E-state index in [9.17, 15) is 9.90 Å². The second-order valence-corrected chi connectivity index (χ2v) is 6.38. The van der Waals surface area contributed by atoms with Gasteiger partial charge in [0.25, 0.3) is 0 Å². The molecule has 0 saturated carbocycles. The molecule has 1 aromatic rings. The van der Waals surface area contributed by atoms with Crippen molar-refractivity contribution in [3.8, 4) is 0 Å². The summed E-state index contributed by atoms with van der Waals surface area (Å²) in [7, 11) is 0. The van der Waals surface area contributed by atoms with Crippen LogP contribution in [0.4, 0.5) is 0 Å². The molecule has 19 heavy (non-hydrogen) atoms.